The van der Waals surface area contributed by atoms with E-state index in [-0.39, 0.29) is 6.42 Å². The van der Waals surface area contributed by atoms with Crippen LogP contribution in [0.3, 0.4) is 0 Å². The maximum Gasteiger partial charge on any atom is 0.303 e. The lowest BCUT2D eigenvalue weighted by Gasteiger charge is -2.17. The van der Waals surface area contributed by atoms with Gasteiger partial charge in [-0.2, -0.15) is 0 Å². The zero-order valence-electron chi connectivity index (χ0n) is 9.76. The fourth-order valence-corrected chi connectivity index (χ4v) is 1.47. The van der Waals surface area contributed by atoms with E-state index in [4.69, 9.17) is 9.52 Å². The number of carbonyl (C=O) groups is 1. The first kappa shape index (κ1) is 13.1. The van der Waals surface area contributed by atoms with Gasteiger partial charge in [0.1, 0.15) is 5.76 Å². The Labute approximate surface area is 101 Å². The number of carboxylic acids is 1. The zero-order valence-corrected chi connectivity index (χ0v) is 9.76. The molecule has 0 bridgehead atoms. The van der Waals surface area contributed by atoms with Crippen LogP contribution < -0.4 is 4.90 Å². The minimum Gasteiger partial charge on any atom is -0.481 e. The molecule has 0 saturated heterocycles. The van der Waals surface area contributed by atoms with Crippen molar-refractivity contribution in [1.82, 2.24) is 0 Å². The number of nitrogens with zero attached hydrogens (tertiary/aromatic N) is 1. The van der Waals surface area contributed by atoms with Crippen LogP contribution >= 0.6 is 0 Å². The monoisotopic (exact) mass is 235 g/mol. The van der Waals surface area contributed by atoms with Crippen LogP contribution in [-0.4, -0.2) is 24.2 Å². The quantitative estimate of drug-likeness (QED) is 0.703. The SMILES string of the molecule is C=CCN(CC=C)c1ccc(CCC(=O)O)o1. The molecule has 0 spiro atoms. The molecule has 0 atom stereocenters. The number of hydrogen-bond acceptors (Lipinski definition) is 3. The number of rotatable bonds is 8. The lowest BCUT2D eigenvalue weighted by Crippen LogP contribution is -2.22. The number of carboxylic acid groups (broad SMARTS) is 1. The summed E-state index contributed by atoms with van der Waals surface area (Å²) in [5.41, 5.74) is 0. The average molecular weight is 235 g/mol. The highest BCUT2D eigenvalue weighted by atomic mass is 16.4. The van der Waals surface area contributed by atoms with Crippen LogP contribution in [0.25, 0.3) is 0 Å². The lowest BCUT2D eigenvalue weighted by molar-refractivity contribution is -0.137. The third-order valence-electron chi connectivity index (χ3n) is 2.24. The number of furan rings is 1. The first-order chi connectivity index (χ1) is 8.17. The van der Waals surface area contributed by atoms with Gasteiger partial charge in [0, 0.05) is 25.6 Å². The number of hydrogen-bond donors (Lipinski definition) is 1. The van der Waals surface area contributed by atoms with Crippen molar-refractivity contribution in [2.75, 3.05) is 18.0 Å². The highest BCUT2D eigenvalue weighted by Crippen LogP contribution is 2.19. The van der Waals surface area contributed by atoms with Gasteiger partial charge in [0.2, 0.25) is 0 Å². The Kier molecular flexibility index (Phi) is 5.07. The molecule has 4 heteroatoms. The highest BCUT2D eigenvalue weighted by Gasteiger charge is 2.09. The fourth-order valence-electron chi connectivity index (χ4n) is 1.47. The molecule has 1 aromatic heterocycles. The van der Waals surface area contributed by atoms with Gasteiger partial charge in [0.25, 0.3) is 0 Å². The summed E-state index contributed by atoms with van der Waals surface area (Å²) >= 11 is 0. The molecular weight excluding hydrogens is 218 g/mol. The summed E-state index contributed by atoms with van der Waals surface area (Å²) in [5.74, 6) is 0.572. The molecule has 0 amide bonds. The van der Waals surface area contributed by atoms with Crippen molar-refractivity contribution in [2.24, 2.45) is 0 Å². The first-order valence-corrected chi connectivity index (χ1v) is 5.44. The topological polar surface area (TPSA) is 53.7 Å². The molecule has 1 aromatic rings. The Morgan fingerprint density at radius 2 is 2.00 bits per heavy atom. The van der Waals surface area contributed by atoms with E-state index in [0.717, 1.165) is 0 Å². The lowest BCUT2D eigenvalue weighted by atomic mass is 10.2. The van der Waals surface area contributed by atoms with E-state index in [1.807, 2.05) is 11.0 Å². The molecule has 0 saturated carbocycles. The Balaban J connectivity index is 2.66. The Morgan fingerprint density at radius 1 is 1.35 bits per heavy atom. The highest BCUT2D eigenvalue weighted by molar-refractivity contribution is 5.66. The van der Waals surface area contributed by atoms with Gasteiger partial charge in [-0.3, -0.25) is 4.79 Å². The van der Waals surface area contributed by atoms with Gasteiger partial charge < -0.3 is 14.4 Å². The summed E-state index contributed by atoms with van der Waals surface area (Å²) in [7, 11) is 0. The maximum atomic E-state index is 10.4. The normalized spacial score (nSPS) is 9.88. The smallest absolute Gasteiger partial charge is 0.303 e. The molecule has 0 aromatic carbocycles. The number of anilines is 1. The van der Waals surface area contributed by atoms with E-state index in [0.29, 0.717) is 31.2 Å². The van der Waals surface area contributed by atoms with Crippen LogP contribution in [-0.2, 0) is 11.2 Å². The van der Waals surface area contributed by atoms with Crippen molar-refractivity contribution in [3.63, 3.8) is 0 Å². The van der Waals surface area contributed by atoms with Crippen molar-refractivity contribution >= 4 is 11.9 Å². The van der Waals surface area contributed by atoms with E-state index in [9.17, 15) is 4.79 Å². The molecule has 0 unspecified atom stereocenters. The fraction of sp³-hybridized carbons (Fsp3) is 0.308. The van der Waals surface area contributed by atoms with Crippen molar-refractivity contribution in [3.05, 3.63) is 43.2 Å². The van der Waals surface area contributed by atoms with Gasteiger partial charge in [0.15, 0.2) is 5.88 Å². The molecule has 92 valence electrons. The number of aryl methyl sites for hydroxylation is 1. The third-order valence-corrected chi connectivity index (χ3v) is 2.24. The Morgan fingerprint density at radius 3 is 2.53 bits per heavy atom. The minimum atomic E-state index is -0.822. The van der Waals surface area contributed by atoms with Gasteiger partial charge in [-0.15, -0.1) is 13.2 Å². The van der Waals surface area contributed by atoms with E-state index < -0.39 is 5.97 Å². The molecule has 1 rings (SSSR count). The number of aliphatic carboxylic acids is 1. The Bertz CT molecular complexity index is 385. The van der Waals surface area contributed by atoms with Crippen molar-refractivity contribution < 1.29 is 14.3 Å². The van der Waals surface area contributed by atoms with Crippen LogP contribution in [0.5, 0.6) is 0 Å². The van der Waals surface area contributed by atoms with Gasteiger partial charge >= 0.3 is 5.97 Å². The summed E-state index contributed by atoms with van der Waals surface area (Å²) in [6.07, 6.45) is 4.05. The van der Waals surface area contributed by atoms with Crippen molar-refractivity contribution in [2.45, 2.75) is 12.8 Å². The summed E-state index contributed by atoms with van der Waals surface area (Å²) < 4.78 is 5.57. The molecule has 0 aliphatic carbocycles. The van der Waals surface area contributed by atoms with Crippen LogP contribution in [0.4, 0.5) is 5.88 Å². The van der Waals surface area contributed by atoms with Gasteiger partial charge in [-0.25, -0.2) is 0 Å². The second-order valence-electron chi connectivity index (χ2n) is 3.62. The van der Waals surface area contributed by atoms with Crippen LogP contribution in [0, 0.1) is 0 Å². The maximum absolute atomic E-state index is 10.4. The largest absolute Gasteiger partial charge is 0.481 e. The standard InChI is InChI=1S/C13H17NO3/c1-3-9-14(10-4-2)12-7-5-11(17-12)6-8-13(15)16/h3-5,7H,1-2,6,8-10H2,(H,15,16). The molecular formula is C13H17NO3. The van der Waals surface area contributed by atoms with Gasteiger partial charge in [-0.05, 0) is 6.07 Å². The van der Waals surface area contributed by atoms with Crippen LogP contribution in [0.2, 0.25) is 0 Å². The average Bonchev–Trinajstić information content (AvgIpc) is 2.74. The summed E-state index contributed by atoms with van der Waals surface area (Å²) in [5, 5.41) is 8.58. The third kappa shape index (κ3) is 4.18. The van der Waals surface area contributed by atoms with E-state index in [1.54, 1.807) is 18.2 Å². The predicted molar refractivity (Wildman–Crippen MR) is 67.3 cm³/mol. The summed E-state index contributed by atoms with van der Waals surface area (Å²) in [6, 6.07) is 3.64. The molecule has 1 heterocycles. The van der Waals surface area contributed by atoms with E-state index in [2.05, 4.69) is 13.2 Å². The van der Waals surface area contributed by atoms with E-state index >= 15 is 0 Å². The molecule has 1 N–H and O–H groups in total. The molecule has 0 fully saturated rings. The van der Waals surface area contributed by atoms with Crippen molar-refractivity contribution in [1.29, 1.82) is 0 Å². The second kappa shape index (κ2) is 6.58. The molecule has 4 nitrogen and oxygen atoms in total. The van der Waals surface area contributed by atoms with Crippen LogP contribution in [0.15, 0.2) is 41.9 Å². The second-order valence-corrected chi connectivity index (χ2v) is 3.62. The summed E-state index contributed by atoms with van der Waals surface area (Å²) in [6.45, 7) is 8.69. The van der Waals surface area contributed by atoms with E-state index in [1.165, 1.54) is 0 Å². The van der Waals surface area contributed by atoms with Crippen LogP contribution in [0.1, 0.15) is 12.2 Å². The first-order valence-electron chi connectivity index (χ1n) is 5.44. The Hall–Kier alpha value is -1.97. The molecule has 0 radical (unpaired) electrons. The molecule has 0 aliphatic rings. The zero-order chi connectivity index (χ0) is 12.7. The summed E-state index contributed by atoms with van der Waals surface area (Å²) in [4.78, 5) is 12.4. The molecule has 17 heavy (non-hydrogen) atoms. The molecule has 0 aliphatic heterocycles. The van der Waals surface area contributed by atoms with Gasteiger partial charge in [0.05, 0.1) is 6.42 Å². The minimum absolute atomic E-state index is 0.0792. The predicted octanol–water partition coefficient (Wildman–Crippen LogP) is 2.48. The van der Waals surface area contributed by atoms with Gasteiger partial charge in [-0.1, -0.05) is 12.2 Å². The van der Waals surface area contributed by atoms with Crippen molar-refractivity contribution in [3.8, 4) is 0 Å².